The molecule has 1 aromatic heterocycles. The summed E-state index contributed by atoms with van der Waals surface area (Å²) < 4.78 is 0. The molecule has 0 atom stereocenters. The first-order valence-electron chi connectivity index (χ1n) is 5.93. The summed E-state index contributed by atoms with van der Waals surface area (Å²) in [6.45, 7) is 0.255. The third kappa shape index (κ3) is 4.10. The van der Waals surface area contributed by atoms with Crippen LogP contribution in [0.25, 0.3) is 0 Å². The van der Waals surface area contributed by atoms with Crippen LogP contribution < -0.4 is 10.6 Å². The van der Waals surface area contributed by atoms with Gasteiger partial charge in [-0.2, -0.15) is 0 Å². The largest absolute Gasteiger partial charge is 0.349 e. The first kappa shape index (κ1) is 14.1. The molecule has 3 N–H and O–H groups in total. The molecule has 6 nitrogen and oxygen atoms in total. The average molecular weight is 293 g/mol. The second-order valence-corrected chi connectivity index (χ2v) is 4.48. The van der Waals surface area contributed by atoms with Crippen LogP contribution in [0.1, 0.15) is 16.1 Å². The van der Waals surface area contributed by atoms with Crippen LogP contribution in [0.3, 0.4) is 0 Å². The second-order valence-electron chi connectivity index (χ2n) is 4.04. The first-order valence-corrected chi connectivity index (χ1v) is 6.30. The summed E-state index contributed by atoms with van der Waals surface area (Å²) in [5, 5.41) is 5.74. The fraction of sp³-hybridized carbons (Fsp3) is 0.154. The number of carbonyl (C=O) groups excluding carboxylic acids is 2. The van der Waals surface area contributed by atoms with E-state index in [1.165, 1.54) is 6.33 Å². The van der Waals surface area contributed by atoms with Crippen LogP contribution in [0.4, 0.5) is 0 Å². The first-order chi connectivity index (χ1) is 9.65. The minimum Gasteiger partial charge on any atom is -0.349 e. The molecule has 20 heavy (non-hydrogen) atoms. The summed E-state index contributed by atoms with van der Waals surface area (Å²) in [5.41, 5.74) is 1.25. The molecule has 0 saturated carbocycles. The quantitative estimate of drug-likeness (QED) is 0.771. The van der Waals surface area contributed by atoms with Crippen LogP contribution in [0, 0.1) is 0 Å². The van der Waals surface area contributed by atoms with Crippen LogP contribution in [0.15, 0.2) is 36.8 Å². The van der Waals surface area contributed by atoms with Gasteiger partial charge in [-0.05, 0) is 24.3 Å². The summed E-state index contributed by atoms with van der Waals surface area (Å²) in [5.74, 6) is -0.597. The van der Waals surface area contributed by atoms with E-state index in [1.54, 1.807) is 30.5 Å². The number of rotatable bonds is 5. The molecule has 0 radical (unpaired) electrons. The molecular formula is C13H13ClN4O2. The lowest BCUT2D eigenvalue weighted by Gasteiger charge is -2.06. The molecule has 104 valence electrons. The van der Waals surface area contributed by atoms with Gasteiger partial charge in [-0.1, -0.05) is 11.6 Å². The van der Waals surface area contributed by atoms with Crippen molar-refractivity contribution in [3.8, 4) is 0 Å². The van der Waals surface area contributed by atoms with Crippen molar-refractivity contribution in [1.82, 2.24) is 20.6 Å². The molecule has 0 aliphatic carbocycles. The van der Waals surface area contributed by atoms with E-state index in [0.29, 0.717) is 17.1 Å². The number of carbonyl (C=O) groups is 2. The van der Waals surface area contributed by atoms with Crippen LogP contribution >= 0.6 is 11.6 Å². The number of amides is 2. The summed E-state index contributed by atoms with van der Waals surface area (Å²) in [6.07, 6.45) is 3.15. The molecule has 2 rings (SSSR count). The lowest BCUT2D eigenvalue weighted by Crippen LogP contribution is -2.36. The van der Waals surface area contributed by atoms with Gasteiger partial charge >= 0.3 is 0 Å². The van der Waals surface area contributed by atoms with E-state index in [1.807, 2.05) is 0 Å². The Labute approximate surface area is 120 Å². The third-order valence-electron chi connectivity index (χ3n) is 2.55. The van der Waals surface area contributed by atoms with E-state index in [0.717, 1.165) is 5.69 Å². The van der Waals surface area contributed by atoms with Crippen molar-refractivity contribution in [2.24, 2.45) is 0 Å². The monoisotopic (exact) mass is 292 g/mol. The molecule has 2 amide bonds. The molecule has 1 aromatic carbocycles. The number of hydrogen-bond donors (Lipinski definition) is 3. The molecule has 1 heterocycles. The lowest BCUT2D eigenvalue weighted by atomic mass is 10.2. The Morgan fingerprint density at radius 2 is 1.95 bits per heavy atom. The molecule has 7 heteroatoms. The smallest absolute Gasteiger partial charge is 0.251 e. The normalized spacial score (nSPS) is 10.1. The number of benzene rings is 1. The molecule has 0 saturated heterocycles. The Morgan fingerprint density at radius 1 is 1.20 bits per heavy atom. The van der Waals surface area contributed by atoms with E-state index in [9.17, 15) is 9.59 Å². The van der Waals surface area contributed by atoms with E-state index < -0.39 is 0 Å². The fourth-order valence-electron chi connectivity index (χ4n) is 1.50. The maximum atomic E-state index is 11.7. The van der Waals surface area contributed by atoms with Gasteiger partial charge in [0.25, 0.3) is 5.91 Å². The Kier molecular flexibility index (Phi) is 4.73. The predicted molar refractivity (Wildman–Crippen MR) is 74.2 cm³/mol. The minimum atomic E-state index is -0.321. The van der Waals surface area contributed by atoms with Gasteiger partial charge in [0.15, 0.2) is 0 Å². The minimum absolute atomic E-state index is 0.0877. The van der Waals surface area contributed by atoms with Gasteiger partial charge in [0, 0.05) is 16.8 Å². The van der Waals surface area contributed by atoms with Gasteiger partial charge in [-0.3, -0.25) is 9.59 Å². The number of hydrogen-bond acceptors (Lipinski definition) is 3. The predicted octanol–water partition coefficient (Wildman–Crippen LogP) is 1.11. The number of halogens is 1. The molecule has 0 unspecified atom stereocenters. The summed E-state index contributed by atoms with van der Waals surface area (Å²) in [7, 11) is 0. The molecule has 0 aliphatic rings. The highest BCUT2D eigenvalue weighted by Gasteiger charge is 2.07. The number of H-pyrrole nitrogens is 1. The summed E-state index contributed by atoms with van der Waals surface area (Å²) >= 11 is 5.73. The van der Waals surface area contributed by atoms with Crippen molar-refractivity contribution in [3.63, 3.8) is 0 Å². The molecule has 0 fully saturated rings. The second kappa shape index (κ2) is 6.72. The molecule has 0 aliphatic heterocycles. The summed E-state index contributed by atoms with van der Waals surface area (Å²) in [4.78, 5) is 30.0. The van der Waals surface area contributed by atoms with E-state index in [-0.39, 0.29) is 18.4 Å². The molecule has 2 aromatic rings. The van der Waals surface area contributed by atoms with Crippen LogP contribution in [0.2, 0.25) is 5.02 Å². The number of nitrogens with zero attached hydrogens (tertiary/aromatic N) is 1. The fourth-order valence-corrected chi connectivity index (χ4v) is 1.63. The zero-order valence-corrected chi connectivity index (χ0v) is 11.3. The number of aromatic nitrogens is 2. The van der Waals surface area contributed by atoms with Gasteiger partial charge in [-0.25, -0.2) is 4.98 Å². The lowest BCUT2D eigenvalue weighted by molar-refractivity contribution is -0.120. The van der Waals surface area contributed by atoms with Crippen molar-refractivity contribution >= 4 is 23.4 Å². The van der Waals surface area contributed by atoms with Gasteiger partial charge in [0.2, 0.25) is 5.91 Å². The van der Waals surface area contributed by atoms with Gasteiger partial charge in [0.1, 0.15) is 0 Å². The van der Waals surface area contributed by atoms with Gasteiger partial charge in [0.05, 0.1) is 25.1 Å². The molecule has 0 spiro atoms. The van der Waals surface area contributed by atoms with Crippen molar-refractivity contribution in [2.75, 3.05) is 6.54 Å². The Hall–Kier alpha value is -2.34. The highest BCUT2D eigenvalue weighted by Crippen LogP contribution is 2.09. The zero-order valence-electron chi connectivity index (χ0n) is 10.5. The Bertz CT molecular complexity index is 581. The SMILES string of the molecule is O=C(CNC(=O)c1ccc(Cl)cc1)NCc1cnc[nH]1. The van der Waals surface area contributed by atoms with Crippen LogP contribution in [-0.4, -0.2) is 28.3 Å². The van der Waals surface area contributed by atoms with Crippen LogP contribution in [-0.2, 0) is 11.3 Å². The maximum absolute atomic E-state index is 11.7. The van der Waals surface area contributed by atoms with Gasteiger partial charge in [-0.15, -0.1) is 0 Å². The van der Waals surface area contributed by atoms with Crippen molar-refractivity contribution in [1.29, 1.82) is 0 Å². The molecular weight excluding hydrogens is 280 g/mol. The highest BCUT2D eigenvalue weighted by atomic mass is 35.5. The van der Waals surface area contributed by atoms with E-state index in [4.69, 9.17) is 11.6 Å². The van der Waals surface area contributed by atoms with Crippen LogP contribution in [0.5, 0.6) is 0 Å². The van der Waals surface area contributed by atoms with E-state index >= 15 is 0 Å². The number of imidazole rings is 1. The van der Waals surface area contributed by atoms with Crippen molar-refractivity contribution < 1.29 is 9.59 Å². The van der Waals surface area contributed by atoms with Crippen molar-refractivity contribution in [3.05, 3.63) is 53.1 Å². The third-order valence-corrected chi connectivity index (χ3v) is 2.80. The number of aromatic amines is 1. The number of nitrogens with one attached hydrogen (secondary N) is 3. The standard InChI is InChI=1S/C13H13ClN4O2/c14-10-3-1-9(2-4-10)13(20)17-7-12(19)16-6-11-5-15-8-18-11/h1-5,8H,6-7H2,(H,15,18)(H,16,19)(H,17,20). The Balaban J connectivity index is 1.75. The highest BCUT2D eigenvalue weighted by molar-refractivity contribution is 6.30. The summed E-state index contributed by atoms with van der Waals surface area (Å²) in [6, 6.07) is 6.43. The van der Waals surface area contributed by atoms with E-state index in [2.05, 4.69) is 20.6 Å². The zero-order chi connectivity index (χ0) is 14.4. The maximum Gasteiger partial charge on any atom is 0.251 e. The topological polar surface area (TPSA) is 86.9 Å². The Morgan fingerprint density at radius 3 is 2.60 bits per heavy atom. The average Bonchev–Trinajstić information content (AvgIpc) is 2.96. The van der Waals surface area contributed by atoms with Gasteiger partial charge < -0.3 is 15.6 Å². The molecule has 0 bridgehead atoms. The van der Waals surface area contributed by atoms with Crippen molar-refractivity contribution in [2.45, 2.75) is 6.54 Å².